The van der Waals surface area contributed by atoms with E-state index in [-0.39, 0.29) is 17.5 Å². The number of carbonyl (C=O) groups is 1. The second-order valence-electron chi connectivity index (χ2n) is 8.69. The van der Waals surface area contributed by atoms with Crippen LogP contribution in [0.1, 0.15) is 47.2 Å². The van der Waals surface area contributed by atoms with E-state index in [4.69, 9.17) is 0 Å². The zero-order valence-corrected chi connectivity index (χ0v) is 18.4. The molecule has 0 bridgehead atoms. The fraction of sp³-hybridized carbons (Fsp3) is 0.321. The first-order valence-corrected chi connectivity index (χ1v) is 11.5. The number of ketones is 1. The van der Waals surface area contributed by atoms with Crippen LogP contribution in [0.2, 0.25) is 0 Å². The Balaban J connectivity index is 1.36. The van der Waals surface area contributed by atoms with Gasteiger partial charge in [0.2, 0.25) is 0 Å². The maximum absolute atomic E-state index is 12.4. The van der Waals surface area contributed by atoms with E-state index in [1.165, 1.54) is 6.07 Å². The first-order valence-electron chi connectivity index (χ1n) is 11.5. The molecule has 1 aliphatic rings. The summed E-state index contributed by atoms with van der Waals surface area (Å²) in [5, 5.41) is 21.5. The van der Waals surface area contributed by atoms with Gasteiger partial charge in [-0.3, -0.25) is 4.79 Å². The molecule has 2 N–H and O–H groups in total. The SMILES string of the molecule is O=C(CCCN1CCC(C(O)(c2ccccc2)c2ccccc2)CC1)c1cccc(O)c1. The summed E-state index contributed by atoms with van der Waals surface area (Å²) >= 11 is 0. The van der Waals surface area contributed by atoms with Crippen molar-refractivity contribution in [2.24, 2.45) is 5.92 Å². The first-order chi connectivity index (χ1) is 15.6. The molecule has 1 saturated heterocycles. The van der Waals surface area contributed by atoms with Crippen molar-refractivity contribution in [2.45, 2.75) is 31.3 Å². The lowest BCUT2D eigenvalue weighted by atomic mass is 9.72. The average Bonchev–Trinajstić information content (AvgIpc) is 2.85. The summed E-state index contributed by atoms with van der Waals surface area (Å²) in [7, 11) is 0. The van der Waals surface area contributed by atoms with Crippen LogP contribution in [0.5, 0.6) is 5.75 Å². The van der Waals surface area contributed by atoms with Crippen LogP contribution in [-0.2, 0) is 5.60 Å². The van der Waals surface area contributed by atoms with Crippen LogP contribution in [-0.4, -0.2) is 40.5 Å². The molecule has 32 heavy (non-hydrogen) atoms. The van der Waals surface area contributed by atoms with Crippen LogP contribution in [0.3, 0.4) is 0 Å². The highest BCUT2D eigenvalue weighted by Crippen LogP contribution is 2.41. The van der Waals surface area contributed by atoms with Crippen molar-refractivity contribution in [3.8, 4) is 5.75 Å². The first kappa shape index (κ1) is 22.3. The number of nitrogens with zero attached hydrogens (tertiary/aromatic N) is 1. The Hall–Kier alpha value is -2.95. The second-order valence-corrected chi connectivity index (χ2v) is 8.69. The number of likely N-dealkylation sites (tertiary alicyclic amines) is 1. The number of hydrogen-bond acceptors (Lipinski definition) is 4. The molecule has 0 aliphatic carbocycles. The van der Waals surface area contributed by atoms with E-state index in [9.17, 15) is 15.0 Å². The number of carbonyl (C=O) groups excluding carboxylic acids is 1. The Morgan fingerprint density at radius 3 is 2.03 bits per heavy atom. The van der Waals surface area contributed by atoms with E-state index >= 15 is 0 Å². The Bertz CT molecular complexity index is 972. The van der Waals surface area contributed by atoms with Gasteiger partial charge in [0.05, 0.1) is 0 Å². The standard InChI is InChI=1S/C28H31NO3/c30-26-14-7-9-22(21-26)27(31)15-8-18-29-19-16-25(17-20-29)28(32,23-10-3-1-4-11-23)24-12-5-2-6-13-24/h1-7,9-14,21,25,30,32H,8,15-20H2. The smallest absolute Gasteiger partial charge is 0.163 e. The molecule has 3 aromatic rings. The number of benzene rings is 3. The van der Waals surface area contributed by atoms with Crippen molar-refractivity contribution in [3.63, 3.8) is 0 Å². The quantitative estimate of drug-likeness (QED) is 0.495. The predicted octanol–water partition coefficient (Wildman–Crippen LogP) is 5.00. The van der Waals surface area contributed by atoms with Crippen LogP contribution in [0.25, 0.3) is 0 Å². The van der Waals surface area contributed by atoms with E-state index in [1.54, 1.807) is 18.2 Å². The molecule has 4 nitrogen and oxygen atoms in total. The molecule has 0 unspecified atom stereocenters. The van der Waals surface area contributed by atoms with Gasteiger partial charge in [-0.1, -0.05) is 72.8 Å². The summed E-state index contributed by atoms with van der Waals surface area (Å²) < 4.78 is 0. The molecule has 0 amide bonds. The summed E-state index contributed by atoms with van der Waals surface area (Å²) in [6.45, 7) is 2.69. The molecule has 4 rings (SSSR count). The number of piperidine rings is 1. The van der Waals surface area contributed by atoms with Gasteiger partial charge in [0.25, 0.3) is 0 Å². The Kier molecular flexibility index (Phi) is 7.03. The summed E-state index contributed by atoms with van der Waals surface area (Å²) in [6, 6.07) is 26.6. The summed E-state index contributed by atoms with van der Waals surface area (Å²) in [4.78, 5) is 14.8. The molecule has 1 aliphatic heterocycles. The molecule has 1 heterocycles. The fourth-order valence-electron chi connectivity index (χ4n) is 4.88. The molecule has 0 saturated carbocycles. The van der Waals surface area contributed by atoms with Crippen LogP contribution >= 0.6 is 0 Å². The van der Waals surface area contributed by atoms with Crippen LogP contribution in [0, 0.1) is 5.92 Å². The second kappa shape index (κ2) is 10.1. The number of rotatable bonds is 8. The molecule has 0 radical (unpaired) electrons. The molecular formula is C28H31NO3. The number of Topliss-reactive ketones (excluding diaryl/α,β-unsaturated/α-hetero) is 1. The molecular weight excluding hydrogens is 398 g/mol. The molecule has 0 spiro atoms. The van der Waals surface area contributed by atoms with Gasteiger partial charge in [0.1, 0.15) is 11.4 Å². The largest absolute Gasteiger partial charge is 0.508 e. The third-order valence-electron chi connectivity index (χ3n) is 6.65. The van der Waals surface area contributed by atoms with Crippen molar-refractivity contribution < 1.29 is 15.0 Å². The lowest BCUT2D eigenvalue weighted by Gasteiger charge is -2.42. The van der Waals surface area contributed by atoms with E-state index in [0.717, 1.165) is 50.0 Å². The van der Waals surface area contributed by atoms with E-state index in [2.05, 4.69) is 4.90 Å². The third kappa shape index (κ3) is 4.93. The number of phenols is 1. The van der Waals surface area contributed by atoms with Crippen molar-refractivity contribution in [2.75, 3.05) is 19.6 Å². The van der Waals surface area contributed by atoms with Crippen LogP contribution in [0.4, 0.5) is 0 Å². The van der Waals surface area contributed by atoms with Gasteiger partial charge in [-0.2, -0.15) is 0 Å². The van der Waals surface area contributed by atoms with Gasteiger partial charge < -0.3 is 15.1 Å². The molecule has 166 valence electrons. The summed E-state index contributed by atoms with van der Waals surface area (Å²) in [5.74, 6) is 0.332. The summed E-state index contributed by atoms with van der Waals surface area (Å²) in [5.41, 5.74) is 1.46. The van der Waals surface area contributed by atoms with Crippen molar-refractivity contribution in [1.29, 1.82) is 0 Å². The Labute approximate surface area is 190 Å². The minimum absolute atomic E-state index is 0.0679. The monoisotopic (exact) mass is 429 g/mol. The van der Waals surface area contributed by atoms with Crippen molar-refractivity contribution >= 4 is 5.78 Å². The number of phenolic OH excluding ortho intramolecular Hbond substituents is 1. The maximum Gasteiger partial charge on any atom is 0.163 e. The highest BCUT2D eigenvalue weighted by atomic mass is 16.3. The number of aromatic hydroxyl groups is 1. The molecule has 0 atom stereocenters. The Morgan fingerprint density at radius 2 is 1.47 bits per heavy atom. The van der Waals surface area contributed by atoms with E-state index < -0.39 is 5.60 Å². The zero-order chi connectivity index (χ0) is 22.4. The number of aliphatic hydroxyl groups is 1. The van der Waals surface area contributed by atoms with Gasteiger partial charge in [-0.05, 0) is 68.1 Å². The predicted molar refractivity (Wildman–Crippen MR) is 127 cm³/mol. The van der Waals surface area contributed by atoms with Gasteiger partial charge in [-0.15, -0.1) is 0 Å². The average molecular weight is 430 g/mol. The normalized spacial score (nSPS) is 15.5. The fourth-order valence-corrected chi connectivity index (χ4v) is 4.88. The topological polar surface area (TPSA) is 60.8 Å². The van der Waals surface area contributed by atoms with Gasteiger partial charge in [0, 0.05) is 12.0 Å². The van der Waals surface area contributed by atoms with Gasteiger partial charge in [-0.25, -0.2) is 0 Å². The Morgan fingerprint density at radius 1 is 0.875 bits per heavy atom. The third-order valence-corrected chi connectivity index (χ3v) is 6.65. The van der Waals surface area contributed by atoms with E-state index in [1.807, 2.05) is 60.7 Å². The highest BCUT2D eigenvalue weighted by Gasteiger charge is 2.41. The minimum Gasteiger partial charge on any atom is -0.508 e. The van der Waals surface area contributed by atoms with Crippen LogP contribution < -0.4 is 0 Å². The van der Waals surface area contributed by atoms with Crippen molar-refractivity contribution in [1.82, 2.24) is 4.90 Å². The van der Waals surface area contributed by atoms with E-state index in [0.29, 0.717) is 12.0 Å². The zero-order valence-electron chi connectivity index (χ0n) is 18.4. The maximum atomic E-state index is 12.4. The lowest BCUT2D eigenvalue weighted by Crippen LogP contribution is -2.44. The molecule has 0 aromatic heterocycles. The van der Waals surface area contributed by atoms with Crippen LogP contribution in [0.15, 0.2) is 84.9 Å². The molecule has 3 aromatic carbocycles. The summed E-state index contributed by atoms with van der Waals surface area (Å²) in [6.07, 6.45) is 3.07. The molecule has 1 fully saturated rings. The van der Waals surface area contributed by atoms with Gasteiger partial charge in [0.15, 0.2) is 5.78 Å². The van der Waals surface area contributed by atoms with Gasteiger partial charge >= 0.3 is 0 Å². The highest BCUT2D eigenvalue weighted by molar-refractivity contribution is 5.96. The lowest BCUT2D eigenvalue weighted by molar-refractivity contribution is -0.0142. The molecule has 4 heteroatoms. The minimum atomic E-state index is -1.00. The van der Waals surface area contributed by atoms with Crippen molar-refractivity contribution in [3.05, 3.63) is 102 Å². The number of hydrogen-bond donors (Lipinski definition) is 2.